The van der Waals surface area contributed by atoms with Crippen molar-refractivity contribution in [3.63, 3.8) is 0 Å². The Balaban J connectivity index is 1.47. The fourth-order valence-corrected chi connectivity index (χ4v) is 6.67. The second-order valence-electron chi connectivity index (χ2n) is 12.2. The zero-order chi connectivity index (χ0) is 28.2. The quantitative estimate of drug-likeness (QED) is 0.207. The molecule has 10 nitrogen and oxygen atoms in total. The van der Waals surface area contributed by atoms with Crippen LogP contribution in [-0.4, -0.2) is 97.8 Å². The van der Waals surface area contributed by atoms with Crippen molar-refractivity contribution in [2.24, 2.45) is 16.8 Å². The van der Waals surface area contributed by atoms with Gasteiger partial charge in [0, 0.05) is 19.1 Å². The molecule has 0 radical (unpaired) electrons. The largest absolute Gasteiger partial charge is 0.449 e. The van der Waals surface area contributed by atoms with Crippen molar-refractivity contribution in [2.75, 3.05) is 53.0 Å². The van der Waals surface area contributed by atoms with Gasteiger partial charge in [-0.1, -0.05) is 51.4 Å². The summed E-state index contributed by atoms with van der Waals surface area (Å²) in [4.78, 5) is 37.5. The number of alkyl carbamates (subject to hydrolysis) is 1. The van der Waals surface area contributed by atoms with Gasteiger partial charge in [-0.2, -0.15) is 5.26 Å². The van der Waals surface area contributed by atoms with E-state index in [0.717, 1.165) is 90.1 Å². The van der Waals surface area contributed by atoms with Crippen LogP contribution < -0.4 is 5.32 Å². The lowest BCUT2D eigenvalue weighted by Crippen LogP contribution is -2.51. The number of aliphatic imine (C=N–C) groups is 1. The van der Waals surface area contributed by atoms with Gasteiger partial charge in [-0.15, -0.1) is 0 Å². The second-order valence-corrected chi connectivity index (χ2v) is 12.2. The highest BCUT2D eigenvalue weighted by Crippen LogP contribution is 2.30. The van der Waals surface area contributed by atoms with Crippen molar-refractivity contribution in [3.8, 4) is 6.19 Å². The van der Waals surface area contributed by atoms with Gasteiger partial charge in [-0.25, -0.2) is 14.7 Å². The van der Waals surface area contributed by atoms with Crippen LogP contribution in [0.5, 0.6) is 0 Å². The molecule has 224 valence electrons. The van der Waals surface area contributed by atoms with Crippen LogP contribution in [0.4, 0.5) is 4.79 Å². The van der Waals surface area contributed by atoms with Gasteiger partial charge in [0.2, 0.25) is 5.96 Å². The van der Waals surface area contributed by atoms with Crippen LogP contribution in [0, 0.1) is 23.3 Å². The number of nitriles is 1. The molecule has 2 saturated heterocycles. The zero-order valence-corrected chi connectivity index (χ0v) is 24.5. The molecule has 2 aliphatic carbocycles. The van der Waals surface area contributed by atoms with Crippen molar-refractivity contribution in [2.45, 2.75) is 102 Å². The van der Waals surface area contributed by atoms with Gasteiger partial charge in [0.25, 0.3) is 5.91 Å². The molecule has 0 bridgehead atoms. The molecule has 2 amide bonds. The molecule has 2 saturated carbocycles. The molecule has 0 spiro atoms. The first-order chi connectivity index (χ1) is 19.5. The fraction of sp³-hybridized carbons (Fsp3) is 0.867. The van der Waals surface area contributed by atoms with E-state index in [0.29, 0.717) is 57.1 Å². The van der Waals surface area contributed by atoms with Crippen LogP contribution in [-0.2, 0) is 14.3 Å². The highest BCUT2D eigenvalue weighted by molar-refractivity contribution is 5.96. The molecule has 2 heterocycles. The normalized spacial score (nSPS) is 23.3. The number of amides is 2. The predicted molar refractivity (Wildman–Crippen MR) is 153 cm³/mol. The highest BCUT2D eigenvalue weighted by atomic mass is 16.5. The van der Waals surface area contributed by atoms with Gasteiger partial charge >= 0.3 is 6.09 Å². The van der Waals surface area contributed by atoms with E-state index in [1.807, 2.05) is 4.90 Å². The summed E-state index contributed by atoms with van der Waals surface area (Å²) >= 11 is 0. The number of nitrogens with zero attached hydrogens (tertiary/aromatic N) is 5. The minimum atomic E-state index is -0.706. The molecule has 1 atom stereocenters. The predicted octanol–water partition coefficient (Wildman–Crippen LogP) is 4.11. The number of ether oxygens (including phenoxy) is 2. The van der Waals surface area contributed by atoms with Crippen LogP contribution in [0.25, 0.3) is 0 Å². The molecule has 10 heteroatoms. The topological polar surface area (TPSA) is 110 Å². The Labute approximate surface area is 240 Å². The summed E-state index contributed by atoms with van der Waals surface area (Å²) < 4.78 is 11.1. The number of piperidine rings is 1. The third kappa shape index (κ3) is 9.34. The molecule has 0 aromatic heterocycles. The van der Waals surface area contributed by atoms with Crippen LogP contribution in [0.3, 0.4) is 0 Å². The van der Waals surface area contributed by atoms with Crippen molar-refractivity contribution in [1.82, 2.24) is 20.0 Å². The Hall–Kier alpha value is -2.38. The van der Waals surface area contributed by atoms with E-state index >= 15 is 0 Å². The van der Waals surface area contributed by atoms with Gasteiger partial charge in [0.05, 0.1) is 19.8 Å². The van der Waals surface area contributed by atoms with Crippen molar-refractivity contribution in [3.05, 3.63) is 0 Å². The summed E-state index contributed by atoms with van der Waals surface area (Å²) in [5.74, 6) is 1.10. The zero-order valence-electron chi connectivity index (χ0n) is 24.5. The second kappa shape index (κ2) is 16.2. The number of nitrogens with one attached hydrogen (secondary N) is 1. The summed E-state index contributed by atoms with van der Waals surface area (Å²) in [6.45, 7) is 4.74. The average Bonchev–Trinajstić information content (AvgIpc) is 2.99. The van der Waals surface area contributed by atoms with Crippen molar-refractivity contribution >= 4 is 18.0 Å². The Morgan fingerprint density at radius 1 is 0.975 bits per heavy atom. The molecule has 4 aliphatic rings. The fourth-order valence-electron chi connectivity index (χ4n) is 6.67. The Bertz CT molecular complexity index is 866. The van der Waals surface area contributed by atoms with Crippen LogP contribution in [0.15, 0.2) is 4.99 Å². The van der Waals surface area contributed by atoms with Crippen LogP contribution in [0.1, 0.15) is 89.9 Å². The van der Waals surface area contributed by atoms with E-state index < -0.39 is 12.1 Å². The average molecular weight is 559 g/mol. The number of hydrogen-bond acceptors (Lipinski definition) is 7. The third-order valence-electron chi connectivity index (χ3n) is 9.25. The lowest BCUT2D eigenvalue weighted by atomic mass is 9.84. The minimum absolute atomic E-state index is 0.0559. The number of morpholine rings is 1. The first kappa shape index (κ1) is 30.6. The number of likely N-dealkylation sites (tertiary alicyclic amines) is 1. The Morgan fingerprint density at radius 3 is 2.27 bits per heavy atom. The summed E-state index contributed by atoms with van der Waals surface area (Å²) in [6.07, 6.45) is 16.0. The molecule has 4 rings (SSSR count). The van der Waals surface area contributed by atoms with Crippen LogP contribution >= 0.6 is 0 Å². The summed E-state index contributed by atoms with van der Waals surface area (Å²) in [5, 5.41) is 12.9. The number of carbonyl (C=O) groups is 2. The van der Waals surface area contributed by atoms with Crippen LogP contribution in [0.2, 0.25) is 0 Å². The van der Waals surface area contributed by atoms with E-state index in [2.05, 4.69) is 23.5 Å². The molecule has 0 aromatic rings. The van der Waals surface area contributed by atoms with Gasteiger partial charge < -0.3 is 19.3 Å². The Morgan fingerprint density at radius 2 is 1.62 bits per heavy atom. The number of hydrogen-bond donors (Lipinski definition) is 1. The highest BCUT2D eigenvalue weighted by Gasteiger charge is 2.34. The standard InChI is InChI=1S/C30H50N6O4/c1-34-15-12-24(13-16-34)14-19-40-30(38)33-29(35-17-20-39-21-18-35)32-27(22-25-8-4-2-5-9-25)28(37)36(23-31)26-10-6-3-7-11-26/h24-27H,2-22H2,1H3,(H,32,33,38). The monoisotopic (exact) mass is 558 g/mol. The first-order valence-electron chi connectivity index (χ1n) is 15.8. The van der Waals surface area contributed by atoms with Gasteiger partial charge in [-0.3, -0.25) is 10.1 Å². The molecule has 1 N–H and O–H groups in total. The number of guanidine groups is 1. The molecule has 2 aliphatic heterocycles. The van der Waals surface area contributed by atoms with Gasteiger partial charge in [0.15, 0.2) is 6.19 Å². The van der Waals surface area contributed by atoms with Crippen molar-refractivity contribution < 1.29 is 19.1 Å². The van der Waals surface area contributed by atoms with E-state index in [9.17, 15) is 14.9 Å². The summed E-state index contributed by atoms with van der Waals surface area (Å²) in [7, 11) is 2.14. The van der Waals surface area contributed by atoms with E-state index in [4.69, 9.17) is 14.5 Å². The maximum absolute atomic E-state index is 13.9. The summed E-state index contributed by atoms with van der Waals surface area (Å²) in [6, 6.07) is -0.762. The molecule has 40 heavy (non-hydrogen) atoms. The first-order valence-corrected chi connectivity index (χ1v) is 15.8. The van der Waals surface area contributed by atoms with Crippen molar-refractivity contribution in [1.29, 1.82) is 5.26 Å². The Kier molecular flexibility index (Phi) is 12.4. The SMILES string of the molecule is CN1CCC(CCOC(=O)NC(=NC(CC2CCCCC2)C(=O)N(C#N)C2CCCCC2)N2CCOCC2)CC1. The molecule has 1 unspecified atom stereocenters. The van der Waals surface area contributed by atoms with Gasteiger partial charge in [-0.05, 0) is 70.5 Å². The summed E-state index contributed by atoms with van der Waals surface area (Å²) in [5.41, 5.74) is 0. The number of rotatable bonds is 8. The maximum Gasteiger partial charge on any atom is 0.413 e. The lowest BCUT2D eigenvalue weighted by molar-refractivity contribution is -0.132. The maximum atomic E-state index is 13.9. The van der Waals surface area contributed by atoms with E-state index in [1.165, 1.54) is 11.3 Å². The van der Waals surface area contributed by atoms with E-state index in [-0.39, 0.29) is 11.9 Å². The molecule has 4 fully saturated rings. The lowest BCUT2D eigenvalue weighted by Gasteiger charge is -2.33. The smallest absolute Gasteiger partial charge is 0.413 e. The third-order valence-corrected chi connectivity index (χ3v) is 9.25. The minimum Gasteiger partial charge on any atom is -0.449 e. The van der Waals surface area contributed by atoms with Gasteiger partial charge in [0.1, 0.15) is 6.04 Å². The number of carbonyl (C=O) groups excluding carboxylic acids is 2. The van der Waals surface area contributed by atoms with E-state index in [1.54, 1.807) is 0 Å². The molecular formula is C30H50N6O4. The molecular weight excluding hydrogens is 508 g/mol. The molecule has 0 aromatic carbocycles.